The first kappa shape index (κ1) is 15.9. The summed E-state index contributed by atoms with van der Waals surface area (Å²) in [6, 6.07) is 13.2. The van der Waals surface area contributed by atoms with Gasteiger partial charge in [0.2, 0.25) is 10.0 Å². The molecule has 21 heavy (non-hydrogen) atoms. The Balaban J connectivity index is 1.91. The molecule has 0 heterocycles. The molecule has 0 fully saturated rings. The Bertz CT molecular complexity index is 705. The van der Waals surface area contributed by atoms with E-state index < -0.39 is 15.8 Å². The third-order valence-electron chi connectivity index (χ3n) is 2.98. The minimum atomic E-state index is -3.66. The number of rotatable bonds is 6. The molecule has 6 heteroatoms. The second-order valence-corrected chi connectivity index (χ2v) is 6.74. The van der Waals surface area contributed by atoms with Crippen LogP contribution >= 0.6 is 11.6 Å². The van der Waals surface area contributed by atoms with Gasteiger partial charge in [-0.1, -0.05) is 41.9 Å². The molecule has 2 aromatic carbocycles. The third-order valence-corrected chi connectivity index (χ3v) is 4.73. The molecule has 0 aromatic heterocycles. The zero-order valence-corrected chi connectivity index (χ0v) is 12.8. The lowest BCUT2D eigenvalue weighted by Gasteiger charge is -2.07. The Morgan fingerprint density at radius 1 is 1.10 bits per heavy atom. The third kappa shape index (κ3) is 4.52. The molecule has 0 aliphatic rings. The van der Waals surface area contributed by atoms with Crippen LogP contribution in [-0.4, -0.2) is 15.0 Å². The van der Waals surface area contributed by atoms with Crippen molar-refractivity contribution >= 4 is 21.6 Å². The quantitative estimate of drug-likeness (QED) is 0.827. The number of nitrogens with one attached hydrogen (secondary N) is 1. The van der Waals surface area contributed by atoms with Gasteiger partial charge < -0.3 is 0 Å². The van der Waals surface area contributed by atoms with Crippen LogP contribution < -0.4 is 4.72 Å². The molecule has 0 bridgehead atoms. The highest BCUT2D eigenvalue weighted by atomic mass is 35.5. The molecule has 1 N–H and O–H groups in total. The predicted octanol–water partition coefficient (Wildman–Crippen LogP) is 3.39. The van der Waals surface area contributed by atoms with E-state index in [4.69, 9.17) is 11.6 Å². The summed E-state index contributed by atoms with van der Waals surface area (Å²) < 4.78 is 39.5. The van der Waals surface area contributed by atoms with Gasteiger partial charge in [0.05, 0.1) is 9.92 Å². The number of halogens is 2. The van der Waals surface area contributed by atoms with Crippen molar-refractivity contribution in [1.29, 1.82) is 0 Å². The van der Waals surface area contributed by atoms with E-state index in [9.17, 15) is 12.8 Å². The monoisotopic (exact) mass is 327 g/mol. The second kappa shape index (κ2) is 7.02. The van der Waals surface area contributed by atoms with E-state index in [0.717, 1.165) is 24.1 Å². The molecule has 2 aromatic rings. The van der Waals surface area contributed by atoms with Crippen LogP contribution in [0.3, 0.4) is 0 Å². The SMILES string of the molecule is O=S(=O)(NCCCc1ccccc1)c1ccc(F)c(Cl)c1. The molecule has 0 unspecified atom stereocenters. The highest BCUT2D eigenvalue weighted by molar-refractivity contribution is 7.89. The van der Waals surface area contributed by atoms with Crippen molar-refractivity contribution in [1.82, 2.24) is 4.72 Å². The van der Waals surface area contributed by atoms with Crippen molar-refractivity contribution in [2.45, 2.75) is 17.7 Å². The van der Waals surface area contributed by atoms with Gasteiger partial charge in [-0.25, -0.2) is 17.5 Å². The first-order valence-corrected chi connectivity index (χ1v) is 8.34. The normalized spacial score (nSPS) is 11.5. The van der Waals surface area contributed by atoms with Crippen LogP contribution in [0.15, 0.2) is 53.4 Å². The maximum absolute atomic E-state index is 13.0. The van der Waals surface area contributed by atoms with Crippen LogP contribution in [0.1, 0.15) is 12.0 Å². The van der Waals surface area contributed by atoms with Crippen molar-refractivity contribution in [3.05, 3.63) is 64.9 Å². The summed E-state index contributed by atoms with van der Waals surface area (Å²) in [4.78, 5) is -0.0337. The number of aryl methyl sites for hydroxylation is 1. The lowest BCUT2D eigenvalue weighted by molar-refractivity contribution is 0.578. The summed E-state index contributed by atoms with van der Waals surface area (Å²) in [5, 5.41) is -0.206. The molecule has 0 amide bonds. The predicted molar refractivity (Wildman–Crippen MR) is 81.4 cm³/mol. The first-order valence-electron chi connectivity index (χ1n) is 6.48. The Morgan fingerprint density at radius 3 is 2.48 bits per heavy atom. The second-order valence-electron chi connectivity index (χ2n) is 4.56. The van der Waals surface area contributed by atoms with Crippen LogP contribution in [0.2, 0.25) is 5.02 Å². The largest absolute Gasteiger partial charge is 0.240 e. The van der Waals surface area contributed by atoms with Gasteiger partial charge in [0.15, 0.2) is 0 Å². The van der Waals surface area contributed by atoms with Gasteiger partial charge in [-0.15, -0.1) is 0 Å². The molecule has 0 aliphatic heterocycles. The van der Waals surface area contributed by atoms with Crippen molar-refractivity contribution in [3.8, 4) is 0 Å². The van der Waals surface area contributed by atoms with Crippen molar-refractivity contribution in [2.75, 3.05) is 6.54 Å². The minimum absolute atomic E-state index is 0.0337. The highest BCUT2D eigenvalue weighted by Crippen LogP contribution is 2.19. The van der Waals surface area contributed by atoms with Gasteiger partial charge in [0.25, 0.3) is 0 Å². The summed E-state index contributed by atoms with van der Waals surface area (Å²) >= 11 is 5.59. The summed E-state index contributed by atoms with van der Waals surface area (Å²) in [5.74, 6) is -0.639. The topological polar surface area (TPSA) is 46.2 Å². The zero-order chi connectivity index (χ0) is 15.3. The van der Waals surface area contributed by atoms with Crippen molar-refractivity contribution in [3.63, 3.8) is 0 Å². The molecule has 0 saturated heterocycles. The van der Waals surface area contributed by atoms with E-state index in [1.807, 2.05) is 30.3 Å². The van der Waals surface area contributed by atoms with Crippen LogP contribution in [0.4, 0.5) is 4.39 Å². The molecule has 0 atom stereocenters. The Kier molecular flexibility index (Phi) is 5.33. The molecule has 0 aliphatic carbocycles. The van der Waals surface area contributed by atoms with E-state index in [2.05, 4.69) is 4.72 Å². The lowest BCUT2D eigenvalue weighted by Crippen LogP contribution is -2.25. The Morgan fingerprint density at radius 2 is 1.81 bits per heavy atom. The smallest absolute Gasteiger partial charge is 0.211 e. The number of sulfonamides is 1. The van der Waals surface area contributed by atoms with Gasteiger partial charge >= 0.3 is 0 Å². The maximum Gasteiger partial charge on any atom is 0.240 e. The molecule has 3 nitrogen and oxygen atoms in total. The number of benzene rings is 2. The van der Waals surface area contributed by atoms with Gasteiger partial charge in [0, 0.05) is 6.54 Å². The van der Waals surface area contributed by atoms with Crippen LogP contribution in [0.25, 0.3) is 0 Å². The highest BCUT2D eigenvalue weighted by Gasteiger charge is 2.15. The summed E-state index contributed by atoms with van der Waals surface area (Å²) in [6.45, 7) is 0.312. The maximum atomic E-state index is 13.0. The summed E-state index contributed by atoms with van der Waals surface area (Å²) in [5.41, 5.74) is 1.15. The first-order chi connectivity index (χ1) is 9.99. The van der Waals surface area contributed by atoms with E-state index in [-0.39, 0.29) is 9.92 Å². The van der Waals surface area contributed by atoms with Gasteiger partial charge in [-0.2, -0.15) is 0 Å². The molecule has 0 radical (unpaired) electrons. The van der Waals surface area contributed by atoms with E-state index >= 15 is 0 Å². The standard InChI is InChI=1S/C15H15ClFNO2S/c16-14-11-13(8-9-15(14)17)21(19,20)18-10-4-7-12-5-2-1-3-6-12/h1-3,5-6,8-9,11,18H,4,7,10H2. The van der Waals surface area contributed by atoms with Crippen LogP contribution in [0.5, 0.6) is 0 Å². The molecule has 0 saturated carbocycles. The van der Waals surface area contributed by atoms with Crippen LogP contribution in [-0.2, 0) is 16.4 Å². The molecule has 0 spiro atoms. The van der Waals surface area contributed by atoms with Crippen LogP contribution in [0, 0.1) is 5.82 Å². The fraction of sp³-hybridized carbons (Fsp3) is 0.200. The average Bonchev–Trinajstić information content (AvgIpc) is 2.47. The summed E-state index contributed by atoms with van der Waals surface area (Å²) in [6.07, 6.45) is 1.46. The van der Waals surface area contributed by atoms with E-state index in [1.165, 1.54) is 6.07 Å². The van der Waals surface area contributed by atoms with Crippen molar-refractivity contribution < 1.29 is 12.8 Å². The van der Waals surface area contributed by atoms with Gasteiger partial charge in [-0.05, 0) is 36.6 Å². The van der Waals surface area contributed by atoms with Crippen molar-refractivity contribution in [2.24, 2.45) is 0 Å². The molecular formula is C15H15ClFNO2S. The summed E-state index contributed by atoms with van der Waals surface area (Å²) in [7, 11) is -3.66. The number of hydrogen-bond acceptors (Lipinski definition) is 2. The fourth-order valence-electron chi connectivity index (χ4n) is 1.87. The van der Waals surface area contributed by atoms with Gasteiger partial charge in [-0.3, -0.25) is 0 Å². The Hall–Kier alpha value is -1.43. The van der Waals surface area contributed by atoms with E-state index in [0.29, 0.717) is 13.0 Å². The molecule has 112 valence electrons. The molecular weight excluding hydrogens is 313 g/mol. The van der Waals surface area contributed by atoms with E-state index in [1.54, 1.807) is 0 Å². The average molecular weight is 328 g/mol. The number of hydrogen-bond donors (Lipinski definition) is 1. The Labute approximate surface area is 128 Å². The van der Waals surface area contributed by atoms with Gasteiger partial charge in [0.1, 0.15) is 5.82 Å². The fourth-order valence-corrected chi connectivity index (χ4v) is 3.22. The lowest BCUT2D eigenvalue weighted by atomic mass is 10.1. The zero-order valence-electron chi connectivity index (χ0n) is 11.2. The minimum Gasteiger partial charge on any atom is -0.211 e. The molecule has 2 rings (SSSR count).